The zero-order chi connectivity index (χ0) is 21.8. The molecule has 1 atom stereocenters. The van der Waals surface area contributed by atoms with Gasteiger partial charge in [0, 0.05) is 38.3 Å². The third-order valence-electron chi connectivity index (χ3n) is 6.44. The molecule has 3 heterocycles. The van der Waals surface area contributed by atoms with Crippen LogP contribution in [0.25, 0.3) is 0 Å². The minimum Gasteiger partial charge on any atom is -0.374 e. The first-order valence-corrected chi connectivity index (χ1v) is 11.1. The first-order chi connectivity index (χ1) is 15.0. The lowest BCUT2D eigenvalue weighted by Gasteiger charge is -2.34. The molecule has 0 radical (unpaired) electrons. The normalized spacial score (nSPS) is 23.5. The van der Waals surface area contributed by atoms with E-state index in [-0.39, 0.29) is 35.9 Å². The van der Waals surface area contributed by atoms with Crippen LogP contribution in [0.15, 0.2) is 18.2 Å². The number of amides is 3. The van der Waals surface area contributed by atoms with Crippen LogP contribution in [0.3, 0.4) is 0 Å². The summed E-state index contributed by atoms with van der Waals surface area (Å²) < 4.78 is 14.8. The van der Waals surface area contributed by atoms with Gasteiger partial charge in [0.1, 0.15) is 11.9 Å². The fourth-order valence-electron chi connectivity index (χ4n) is 4.59. The number of imide groups is 1. The number of hydrogen-bond donors (Lipinski definition) is 3. The first kappa shape index (κ1) is 21.7. The van der Waals surface area contributed by atoms with Gasteiger partial charge in [0.25, 0.3) is 0 Å². The van der Waals surface area contributed by atoms with Crippen LogP contribution in [-0.4, -0.2) is 79.4 Å². The highest BCUT2D eigenvalue weighted by Gasteiger charge is 2.28. The number of piperazine rings is 1. The zero-order valence-electron chi connectivity index (χ0n) is 17.7. The predicted molar refractivity (Wildman–Crippen MR) is 114 cm³/mol. The summed E-state index contributed by atoms with van der Waals surface area (Å²) in [5.74, 6) is -0.633. The largest absolute Gasteiger partial charge is 0.374 e. The van der Waals surface area contributed by atoms with Crippen molar-refractivity contribution >= 4 is 23.4 Å². The summed E-state index contributed by atoms with van der Waals surface area (Å²) in [5.41, 5.74) is 1.22. The van der Waals surface area contributed by atoms with Crippen molar-refractivity contribution in [3.8, 4) is 0 Å². The number of benzene rings is 1. The summed E-state index contributed by atoms with van der Waals surface area (Å²) in [4.78, 5) is 39.7. The second kappa shape index (κ2) is 9.74. The Bertz CT molecular complexity index is 834. The smallest absolute Gasteiger partial charge is 0.249 e. The Morgan fingerprint density at radius 1 is 1.10 bits per heavy atom. The average molecular weight is 432 g/mol. The number of hydrogen-bond acceptors (Lipinski definition) is 6. The van der Waals surface area contributed by atoms with Gasteiger partial charge in [-0.05, 0) is 56.0 Å². The number of rotatable bonds is 5. The topological polar surface area (TPSA) is 93.8 Å². The van der Waals surface area contributed by atoms with Crippen molar-refractivity contribution in [2.24, 2.45) is 0 Å². The van der Waals surface area contributed by atoms with Crippen LogP contribution in [0.2, 0.25) is 0 Å². The van der Waals surface area contributed by atoms with Crippen LogP contribution in [0.5, 0.6) is 0 Å². The molecule has 0 spiro atoms. The number of nitrogens with zero attached hydrogens (tertiary/aromatic N) is 2. The van der Waals surface area contributed by atoms with E-state index in [4.69, 9.17) is 0 Å². The molecule has 0 saturated carbocycles. The van der Waals surface area contributed by atoms with E-state index in [1.165, 1.54) is 6.07 Å². The Labute approximate surface area is 181 Å². The number of likely N-dealkylation sites (tertiary alicyclic amines) is 1. The van der Waals surface area contributed by atoms with E-state index < -0.39 is 6.04 Å². The molecule has 168 valence electrons. The first-order valence-electron chi connectivity index (χ1n) is 11.1. The molecule has 3 saturated heterocycles. The van der Waals surface area contributed by atoms with E-state index in [0.717, 1.165) is 52.1 Å². The van der Waals surface area contributed by atoms with Gasteiger partial charge in [-0.2, -0.15) is 0 Å². The summed E-state index contributed by atoms with van der Waals surface area (Å²) >= 11 is 0. The summed E-state index contributed by atoms with van der Waals surface area (Å²) in [6, 6.07) is 4.48. The third kappa shape index (κ3) is 5.40. The van der Waals surface area contributed by atoms with E-state index >= 15 is 0 Å². The van der Waals surface area contributed by atoms with Gasteiger partial charge in [0.05, 0.1) is 6.54 Å². The van der Waals surface area contributed by atoms with Crippen molar-refractivity contribution in [1.82, 2.24) is 20.4 Å². The number of piperidine rings is 2. The molecule has 3 aliphatic heterocycles. The van der Waals surface area contributed by atoms with E-state index in [1.807, 2.05) is 4.90 Å². The van der Waals surface area contributed by atoms with Crippen LogP contribution >= 0.6 is 0 Å². The Morgan fingerprint density at radius 3 is 2.52 bits per heavy atom. The van der Waals surface area contributed by atoms with Gasteiger partial charge in [0.15, 0.2) is 0 Å². The molecule has 0 unspecified atom stereocenters. The van der Waals surface area contributed by atoms with E-state index in [1.54, 1.807) is 12.1 Å². The third-order valence-corrected chi connectivity index (χ3v) is 6.44. The lowest BCUT2D eigenvalue weighted by molar-refractivity contribution is -0.134. The van der Waals surface area contributed by atoms with Gasteiger partial charge < -0.3 is 15.5 Å². The van der Waals surface area contributed by atoms with Crippen molar-refractivity contribution in [1.29, 1.82) is 0 Å². The minimum absolute atomic E-state index is 0.121. The molecule has 4 rings (SSSR count). The van der Waals surface area contributed by atoms with Gasteiger partial charge in [0.2, 0.25) is 17.7 Å². The van der Waals surface area contributed by atoms with Gasteiger partial charge in [-0.15, -0.1) is 0 Å². The van der Waals surface area contributed by atoms with E-state index in [2.05, 4.69) is 20.9 Å². The van der Waals surface area contributed by atoms with Gasteiger partial charge in [-0.1, -0.05) is 6.07 Å². The highest BCUT2D eigenvalue weighted by Crippen LogP contribution is 2.31. The van der Waals surface area contributed by atoms with Crippen LogP contribution < -0.4 is 16.0 Å². The van der Waals surface area contributed by atoms with E-state index in [9.17, 15) is 18.8 Å². The summed E-state index contributed by atoms with van der Waals surface area (Å²) in [5, 5.41) is 8.57. The standard InChI is InChI=1S/C22H30FN5O3/c23-18-13-16(25-19-3-4-20(29)26-22(19)31)1-2-17(18)15-5-9-27(10-6-15)14-21(30)28-11-7-24-8-12-28/h1-2,13,15,19,24-25H,3-12,14H2,(H,26,29,31)/t19-/m1/s1. The van der Waals surface area contributed by atoms with E-state index in [0.29, 0.717) is 24.2 Å². The molecule has 0 aromatic heterocycles. The Balaban J connectivity index is 1.29. The molecule has 3 N–H and O–H groups in total. The Hall–Kier alpha value is -2.52. The molecule has 9 heteroatoms. The molecule has 0 bridgehead atoms. The number of carbonyl (C=O) groups excluding carboxylic acids is 3. The van der Waals surface area contributed by atoms with Crippen LogP contribution in [0.1, 0.15) is 37.2 Å². The SMILES string of the molecule is O=C1CC[C@@H](Nc2ccc(C3CCN(CC(=O)N4CCNCC4)CC3)c(F)c2)C(=O)N1. The van der Waals surface area contributed by atoms with Crippen LogP contribution in [-0.2, 0) is 14.4 Å². The van der Waals surface area contributed by atoms with Gasteiger partial charge in [-0.3, -0.25) is 24.6 Å². The fourth-order valence-corrected chi connectivity index (χ4v) is 4.59. The van der Waals surface area contributed by atoms with Gasteiger partial charge >= 0.3 is 0 Å². The highest BCUT2D eigenvalue weighted by atomic mass is 19.1. The Morgan fingerprint density at radius 2 is 1.84 bits per heavy atom. The molecule has 1 aromatic rings. The summed E-state index contributed by atoms with van der Waals surface area (Å²) in [6.45, 7) is 5.21. The number of anilines is 1. The van der Waals surface area contributed by atoms with Crippen molar-refractivity contribution in [2.75, 3.05) is 51.1 Å². The zero-order valence-corrected chi connectivity index (χ0v) is 17.7. The van der Waals surface area contributed by atoms with Crippen molar-refractivity contribution in [2.45, 2.75) is 37.6 Å². The molecule has 3 aliphatic rings. The Kier molecular flexibility index (Phi) is 6.82. The number of nitrogens with one attached hydrogen (secondary N) is 3. The highest BCUT2D eigenvalue weighted by molar-refractivity contribution is 6.01. The predicted octanol–water partition coefficient (Wildman–Crippen LogP) is 0.654. The van der Waals surface area contributed by atoms with Gasteiger partial charge in [-0.25, -0.2) is 4.39 Å². The maximum atomic E-state index is 14.8. The maximum absolute atomic E-state index is 14.8. The molecule has 8 nitrogen and oxygen atoms in total. The fraction of sp³-hybridized carbons (Fsp3) is 0.591. The lowest BCUT2D eigenvalue weighted by atomic mass is 9.89. The second-order valence-electron chi connectivity index (χ2n) is 8.57. The van der Waals surface area contributed by atoms with Crippen molar-refractivity contribution in [3.05, 3.63) is 29.6 Å². The summed E-state index contributed by atoms with van der Waals surface area (Å²) in [6.07, 6.45) is 2.30. The number of carbonyl (C=O) groups is 3. The summed E-state index contributed by atoms with van der Waals surface area (Å²) in [7, 11) is 0. The lowest BCUT2D eigenvalue weighted by Crippen LogP contribution is -2.50. The number of halogens is 1. The minimum atomic E-state index is -0.528. The molecular weight excluding hydrogens is 401 g/mol. The monoisotopic (exact) mass is 431 g/mol. The maximum Gasteiger partial charge on any atom is 0.249 e. The van der Waals surface area contributed by atoms with Crippen molar-refractivity contribution in [3.63, 3.8) is 0 Å². The molecule has 0 aliphatic carbocycles. The molecular formula is C22H30FN5O3. The second-order valence-corrected chi connectivity index (χ2v) is 8.57. The van der Waals surface area contributed by atoms with Crippen LogP contribution in [0.4, 0.5) is 10.1 Å². The molecule has 1 aromatic carbocycles. The molecule has 3 fully saturated rings. The van der Waals surface area contributed by atoms with Crippen LogP contribution in [0, 0.1) is 5.82 Å². The average Bonchev–Trinajstić information content (AvgIpc) is 2.77. The quantitative estimate of drug-likeness (QED) is 0.593. The molecule has 31 heavy (non-hydrogen) atoms. The molecule has 3 amide bonds. The van der Waals surface area contributed by atoms with Crippen molar-refractivity contribution < 1.29 is 18.8 Å².